The van der Waals surface area contributed by atoms with E-state index in [-0.39, 0.29) is 6.10 Å². The van der Waals surface area contributed by atoms with Crippen LogP contribution in [-0.4, -0.2) is 80.5 Å². The molecule has 21 heavy (non-hydrogen) atoms. The van der Waals surface area contributed by atoms with E-state index in [1.165, 1.54) is 4.90 Å². The maximum atomic E-state index is 12.3. The van der Waals surface area contributed by atoms with E-state index in [1.807, 2.05) is 0 Å². The Labute approximate surface area is 124 Å². The van der Waals surface area contributed by atoms with Gasteiger partial charge in [0.05, 0.1) is 18.8 Å². The number of ether oxygens (including phenoxy) is 1. The summed E-state index contributed by atoms with van der Waals surface area (Å²) in [4.78, 5) is 3.72. The molecule has 4 nitrogen and oxygen atoms in total. The molecule has 2 fully saturated rings. The van der Waals surface area contributed by atoms with Gasteiger partial charge in [0.15, 0.2) is 0 Å². The third-order valence-electron chi connectivity index (χ3n) is 4.15. The van der Waals surface area contributed by atoms with Crippen molar-refractivity contribution in [1.29, 1.82) is 0 Å². The summed E-state index contributed by atoms with van der Waals surface area (Å²) in [6, 6.07) is 0. The summed E-state index contributed by atoms with van der Waals surface area (Å²) in [6.45, 7) is 6.38. The van der Waals surface area contributed by atoms with Crippen molar-refractivity contribution in [3.05, 3.63) is 0 Å². The minimum atomic E-state index is -4.09. The van der Waals surface area contributed by atoms with Gasteiger partial charge in [0.2, 0.25) is 0 Å². The van der Waals surface area contributed by atoms with Gasteiger partial charge < -0.3 is 10.1 Å². The van der Waals surface area contributed by atoms with E-state index >= 15 is 0 Å². The van der Waals surface area contributed by atoms with Crippen LogP contribution in [-0.2, 0) is 4.74 Å². The first-order valence-corrected chi connectivity index (χ1v) is 7.84. The number of nitrogens with one attached hydrogen (secondary N) is 1. The zero-order valence-corrected chi connectivity index (χ0v) is 12.7. The predicted molar refractivity (Wildman–Crippen MR) is 75.4 cm³/mol. The van der Waals surface area contributed by atoms with Crippen molar-refractivity contribution in [1.82, 2.24) is 15.1 Å². The molecule has 1 N–H and O–H groups in total. The fraction of sp³-hybridized carbons (Fsp3) is 1.00. The van der Waals surface area contributed by atoms with Crippen LogP contribution >= 0.6 is 0 Å². The van der Waals surface area contributed by atoms with Crippen molar-refractivity contribution in [3.8, 4) is 0 Å². The molecule has 0 spiro atoms. The zero-order chi connectivity index (χ0) is 15.3. The van der Waals surface area contributed by atoms with Crippen LogP contribution in [0.25, 0.3) is 0 Å². The SMILES string of the molecule is CCNCC1CCC(CN2CCN(CC(F)(F)F)CC2)O1. The van der Waals surface area contributed by atoms with Crippen LogP contribution in [0.15, 0.2) is 0 Å². The molecule has 2 saturated heterocycles. The molecule has 2 rings (SSSR count). The van der Waals surface area contributed by atoms with E-state index in [0.29, 0.717) is 32.3 Å². The minimum absolute atomic E-state index is 0.239. The molecule has 0 aromatic heterocycles. The smallest absolute Gasteiger partial charge is 0.372 e. The molecule has 0 aromatic rings. The van der Waals surface area contributed by atoms with Crippen LogP contribution < -0.4 is 5.32 Å². The average molecular weight is 309 g/mol. The fourth-order valence-corrected chi connectivity index (χ4v) is 3.04. The van der Waals surface area contributed by atoms with Crippen molar-refractivity contribution in [2.75, 3.05) is 52.4 Å². The Balaban J connectivity index is 1.63. The maximum Gasteiger partial charge on any atom is 0.401 e. The van der Waals surface area contributed by atoms with E-state index in [9.17, 15) is 13.2 Å². The summed E-state index contributed by atoms with van der Waals surface area (Å²) < 4.78 is 43.0. The average Bonchev–Trinajstić information content (AvgIpc) is 2.85. The van der Waals surface area contributed by atoms with Crippen LogP contribution in [0, 0.1) is 0 Å². The highest BCUT2D eigenvalue weighted by Gasteiger charge is 2.33. The van der Waals surface area contributed by atoms with E-state index in [2.05, 4.69) is 17.1 Å². The van der Waals surface area contributed by atoms with Crippen molar-refractivity contribution in [2.45, 2.75) is 38.1 Å². The lowest BCUT2D eigenvalue weighted by Crippen LogP contribution is -2.50. The largest absolute Gasteiger partial charge is 0.401 e. The molecule has 0 saturated carbocycles. The van der Waals surface area contributed by atoms with Gasteiger partial charge in [-0.3, -0.25) is 9.80 Å². The molecule has 2 atom stereocenters. The van der Waals surface area contributed by atoms with Crippen LogP contribution in [0.1, 0.15) is 19.8 Å². The Morgan fingerprint density at radius 1 is 1.05 bits per heavy atom. The quantitative estimate of drug-likeness (QED) is 0.801. The Bertz CT molecular complexity index is 306. The van der Waals surface area contributed by atoms with Crippen molar-refractivity contribution < 1.29 is 17.9 Å². The summed E-state index contributed by atoms with van der Waals surface area (Å²) >= 11 is 0. The molecule has 0 aliphatic carbocycles. The molecular weight excluding hydrogens is 283 g/mol. The molecule has 2 aliphatic rings. The lowest BCUT2D eigenvalue weighted by Gasteiger charge is -2.36. The van der Waals surface area contributed by atoms with E-state index in [0.717, 1.165) is 32.5 Å². The normalized spacial score (nSPS) is 29.1. The number of halogens is 3. The lowest BCUT2D eigenvalue weighted by atomic mass is 10.1. The van der Waals surface area contributed by atoms with E-state index in [1.54, 1.807) is 0 Å². The highest BCUT2D eigenvalue weighted by atomic mass is 19.4. The van der Waals surface area contributed by atoms with Gasteiger partial charge in [-0.1, -0.05) is 6.92 Å². The molecule has 7 heteroatoms. The molecule has 0 bridgehead atoms. The first-order chi connectivity index (χ1) is 9.96. The number of alkyl halides is 3. The molecular formula is C14H26F3N3O. The third-order valence-corrected chi connectivity index (χ3v) is 4.15. The van der Waals surface area contributed by atoms with Crippen molar-refractivity contribution in [2.24, 2.45) is 0 Å². The van der Waals surface area contributed by atoms with Gasteiger partial charge in [0.1, 0.15) is 0 Å². The van der Waals surface area contributed by atoms with Crippen molar-refractivity contribution >= 4 is 0 Å². The van der Waals surface area contributed by atoms with Crippen LogP contribution in [0.3, 0.4) is 0 Å². The first-order valence-electron chi connectivity index (χ1n) is 7.84. The van der Waals surface area contributed by atoms with E-state index in [4.69, 9.17) is 4.74 Å². The number of rotatable bonds is 6. The number of hydrogen-bond acceptors (Lipinski definition) is 4. The number of nitrogens with zero attached hydrogens (tertiary/aromatic N) is 2. The minimum Gasteiger partial charge on any atom is -0.372 e. The van der Waals surface area contributed by atoms with Gasteiger partial charge in [0.25, 0.3) is 0 Å². The van der Waals surface area contributed by atoms with Gasteiger partial charge in [-0.15, -0.1) is 0 Å². The van der Waals surface area contributed by atoms with Gasteiger partial charge in [-0.2, -0.15) is 13.2 Å². The summed E-state index contributed by atoms with van der Waals surface area (Å²) in [5.74, 6) is 0. The standard InChI is InChI=1S/C14H26F3N3O/c1-2-18-9-12-3-4-13(21-12)10-19-5-7-20(8-6-19)11-14(15,16)17/h12-13,18H,2-11H2,1H3. The first kappa shape index (κ1) is 17.0. The summed E-state index contributed by atoms with van der Waals surface area (Å²) in [6.07, 6.45) is -1.43. The second-order valence-corrected chi connectivity index (χ2v) is 5.96. The summed E-state index contributed by atoms with van der Waals surface area (Å²) in [7, 11) is 0. The monoisotopic (exact) mass is 309 g/mol. The Kier molecular flexibility index (Phi) is 6.28. The predicted octanol–water partition coefficient (Wildman–Crippen LogP) is 1.32. The van der Waals surface area contributed by atoms with Gasteiger partial charge in [-0.05, 0) is 19.4 Å². The molecule has 2 heterocycles. The van der Waals surface area contributed by atoms with Crippen molar-refractivity contribution in [3.63, 3.8) is 0 Å². The topological polar surface area (TPSA) is 27.7 Å². The van der Waals surface area contributed by atoms with Gasteiger partial charge in [-0.25, -0.2) is 0 Å². The number of hydrogen-bond donors (Lipinski definition) is 1. The number of piperazine rings is 1. The Morgan fingerprint density at radius 2 is 1.67 bits per heavy atom. The highest BCUT2D eigenvalue weighted by molar-refractivity contribution is 4.81. The lowest BCUT2D eigenvalue weighted by molar-refractivity contribution is -0.149. The van der Waals surface area contributed by atoms with Crippen LogP contribution in [0.5, 0.6) is 0 Å². The Morgan fingerprint density at radius 3 is 2.29 bits per heavy atom. The molecule has 0 aromatic carbocycles. The Hall–Kier alpha value is -0.370. The third kappa shape index (κ3) is 6.10. The molecule has 124 valence electrons. The second kappa shape index (κ2) is 7.76. The fourth-order valence-electron chi connectivity index (χ4n) is 3.04. The second-order valence-electron chi connectivity index (χ2n) is 5.96. The molecule has 0 radical (unpaired) electrons. The van der Waals surface area contributed by atoms with Gasteiger partial charge in [0, 0.05) is 39.3 Å². The van der Waals surface area contributed by atoms with Crippen LogP contribution in [0.2, 0.25) is 0 Å². The van der Waals surface area contributed by atoms with Crippen LogP contribution in [0.4, 0.5) is 13.2 Å². The highest BCUT2D eigenvalue weighted by Crippen LogP contribution is 2.21. The molecule has 0 amide bonds. The maximum absolute atomic E-state index is 12.3. The van der Waals surface area contributed by atoms with Gasteiger partial charge >= 0.3 is 6.18 Å². The zero-order valence-electron chi connectivity index (χ0n) is 12.7. The summed E-state index contributed by atoms with van der Waals surface area (Å²) in [5.41, 5.74) is 0. The van der Waals surface area contributed by atoms with E-state index < -0.39 is 12.7 Å². The number of likely N-dealkylation sites (N-methyl/N-ethyl adjacent to an activating group) is 1. The molecule has 2 unspecified atom stereocenters. The molecule has 2 aliphatic heterocycles. The summed E-state index contributed by atoms with van der Waals surface area (Å²) in [5, 5.41) is 3.29.